The normalized spacial score (nSPS) is 23.5. The molecule has 0 saturated carbocycles. The summed E-state index contributed by atoms with van der Waals surface area (Å²) in [6, 6.07) is 0. The van der Waals surface area contributed by atoms with Crippen LogP contribution in [0.3, 0.4) is 0 Å². The van der Waals surface area contributed by atoms with Crippen molar-refractivity contribution in [2.75, 3.05) is 18.0 Å². The molecule has 0 amide bonds. The van der Waals surface area contributed by atoms with Crippen LogP contribution in [-0.2, 0) is 7.05 Å². The highest BCUT2D eigenvalue weighted by molar-refractivity contribution is 5.89. The Morgan fingerprint density at radius 3 is 2.95 bits per heavy atom. The summed E-state index contributed by atoms with van der Waals surface area (Å²) in [7, 11) is 1.89. The first-order valence-corrected chi connectivity index (χ1v) is 7.16. The quantitative estimate of drug-likeness (QED) is 0.897. The molecule has 0 aliphatic carbocycles. The van der Waals surface area contributed by atoms with Crippen molar-refractivity contribution in [2.24, 2.45) is 7.05 Å². The van der Waals surface area contributed by atoms with E-state index in [0.29, 0.717) is 6.54 Å². The fourth-order valence-corrected chi connectivity index (χ4v) is 3.08. The Bertz CT molecular complexity index is 638. The zero-order valence-electron chi connectivity index (χ0n) is 12.3. The lowest BCUT2D eigenvalue weighted by Crippen LogP contribution is -2.48. The van der Waals surface area contributed by atoms with E-state index in [4.69, 9.17) is 0 Å². The van der Waals surface area contributed by atoms with Gasteiger partial charge in [0.05, 0.1) is 16.7 Å². The van der Waals surface area contributed by atoms with Crippen LogP contribution in [-0.4, -0.2) is 43.5 Å². The molecule has 1 N–H and O–H groups in total. The van der Waals surface area contributed by atoms with E-state index in [1.807, 2.05) is 20.9 Å². The molecule has 0 radical (unpaired) electrons. The van der Waals surface area contributed by atoms with Gasteiger partial charge in [0.2, 0.25) is 0 Å². The number of anilines is 1. The van der Waals surface area contributed by atoms with Crippen LogP contribution in [0.1, 0.15) is 31.9 Å². The molecule has 0 unspecified atom stereocenters. The second-order valence-electron chi connectivity index (χ2n) is 5.71. The number of aromatic nitrogens is 4. The Kier molecular flexibility index (Phi) is 3.12. The first-order valence-electron chi connectivity index (χ1n) is 7.16. The van der Waals surface area contributed by atoms with Crippen molar-refractivity contribution in [1.29, 1.82) is 0 Å². The van der Waals surface area contributed by atoms with Gasteiger partial charge in [-0.25, -0.2) is 9.97 Å². The molecule has 108 valence electrons. The topological polar surface area (TPSA) is 67.1 Å². The van der Waals surface area contributed by atoms with Gasteiger partial charge in [-0.1, -0.05) is 6.92 Å². The minimum Gasteiger partial charge on any atom is -0.388 e. The number of fused-ring (bicyclic) bond motifs is 1. The van der Waals surface area contributed by atoms with Gasteiger partial charge in [0.15, 0.2) is 5.65 Å². The maximum atomic E-state index is 10.6. The predicted molar refractivity (Wildman–Crippen MR) is 77.7 cm³/mol. The molecule has 0 aromatic carbocycles. The zero-order valence-corrected chi connectivity index (χ0v) is 12.3. The van der Waals surface area contributed by atoms with Crippen molar-refractivity contribution >= 4 is 16.9 Å². The second kappa shape index (κ2) is 4.70. The lowest BCUT2D eigenvalue weighted by Gasteiger charge is -2.39. The van der Waals surface area contributed by atoms with Crippen molar-refractivity contribution in [3.8, 4) is 0 Å². The van der Waals surface area contributed by atoms with Crippen molar-refractivity contribution < 1.29 is 5.11 Å². The molecule has 20 heavy (non-hydrogen) atoms. The smallest absolute Gasteiger partial charge is 0.163 e. The van der Waals surface area contributed by atoms with E-state index < -0.39 is 5.60 Å². The molecule has 2 aromatic heterocycles. The van der Waals surface area contributed by atoms with Crippen LogP contribution < -0.4 is 4.90 Å². The molecular weight excluding hydrogens is 254 g/mol. The number of hydrogen-bond donors (Lipinski definition) is 1. The Labute approximate surface area is 118 Å². The van der Waals surface area contributed by atoms with Gasteiger partial charge < -0.3 is 10.0 Å². The average molecular weight is 275 g/mol. The summed E-state index contributed by atoms with van der Waals surface area (Å²) in [6.45, 7) is 5.56. The number of rotatable bonds is 2. The summed E-state index contributed by atoms with van der Waals surface area (Å²) < 4.78 is 1.78. The summed E-state index contributed by atoms with van der Waals surface area (Å²) in [5.74, 6) is 0.896. The number of aryl methyl sites for hydroxylation is 2. The lowest BCUT2D eigenvalue weighted by atomic mass is 9.90. The van der Waals surface area contributed by atoms with Crippen LogP contribution in [0, 0.1) is 6.92 Å². The van der Waals surface area contributed by atoms with Gasteiger partial charge in [-0.05, 0) is 26.2 Å². The van der Waals surface area contributed by atoms with Gasteiger partial charge in [-0.3, -0.25) is 4.68 Å². The van der Waals surface area contributed by atoms with E-state index in [2.05, 4.69) is 20.0 Å². The van der Waals surface area contributed by atoms with Gasteiger partial charge in [0, 0.05) is 20.1 Å². The fourth-order valence-electron chi connectivity index (χ4n) is 3.08. The van der Waals surface area contributed by atoms with Crippen LogP contribution >= 0.6 is 0 Å². The van der Waals surface area contributed by atoms with Crippen LogP contribution in [0.2, 0.25) is 0 Å². The summed E-state index contributed by atoms with van der Waals surface area (Å²) in [6.07, 6.45) is 4.19. The number of hydrogen-bond acceptors (Lipinski definition) is 5. The van der Waals surface area contributed by atoms with E-state index in [-0.39, 0.29) is 0 Å². The minimum absolute atomic E-state index is 0.606. The summed E-state index contributed by atoms with van der Waals surface area (Å²) in [5, 5.41) is 16.0. The van der Waals surface area contributed by atoms with Gasteiger partial charge in [-0.15, -0.1) is 0 Å². The third-order valence-electron chi connectivity index (χ3n) is 4.29. The summed E-state index contributed by atoms with van der Waals surface area (Å²) in [4.78, 5) is 10.9. The highest BCUT2D eigenvalue weighted by Gasteiger charge is 2.33. The second-order valence-corrected chi connectivity index (χ2v) is 5.71. The molecule has 1 aliphatic rings. The monoisotopic (exact) mass is 275 g/mol. The van der Waals surface area contributed by atoms with Crippen molar-refractivity contribution in [2.45, 2.75) is 38.7 Å². The van der Waals surface area contributed by atoms with Crippen LogP contribution in [0.5, 0.6) is 0 Å². The van der Waals surface area contributed by atoms with Crippen LogP contribution in [0.25, 0.3) is 11.0 Å². The Hall–Kier alpha value is -1.69. The van der Waals surface area contributed by atoms with Crippen molar-refractivity contribution in [3.05, 3.63) is 12.0 Å². The number of piperidine rings is 1. The van der Waals surface area contributed by atoms with Gasteiger partial charge in [-0.2, -0.15) is 5.10 Å². The van der Waals surface area contributed by atoms with Crippen LogP contribution in [0.15, 0.2) is 6.33 Å². The molecule has 2 aromatic rings. The largest absolute Gasteiger partial charge is 0.388 e. The number of nitrogens with zero attached hydrogens (tertiary/aromatic N) is 5. The molecule has 1 aliphatic heterocycles. The molecule has 6 nitrogen and oxygen atoms in total. The van der Waals surface area contributed by atoms with E-state index >= 15 is 0 Å². The third-order valence-corrected chi connectivity index (χ3v) is 4.29. The van der Waals surface area contributed by atoms with Crippen molar-refractivity contribution in [3.63, 3.8) is 0 Å². The minimum atomic E-state index is -0.606. The average Bonchev–Trinajstić information content (AvgIpc) is 2.74. The zero-order chi connectivity index (χ0) is 14.3. The third kappa shape index (κ3) is 2.04. The molecule has 3 heterocycles. The number of aliphatic hydroxyl groups is 1. The van der Waals surface area contributed by atoms with Gasteiger partial charge >= 0.3 is 0 Å². The van der Waals surface area contributed by atoms with Gasteiger partial charge in [0.1, 0.15) is 12.1 Å². The molecule has 0 bridgehead atoms. The SMILES string of the molecule is CC[C@]1(O)CCCN(c2ncnc3c2c(C)nn3C)C1. The summed E-state index contributed by atoms with van der Waals surface area (Å²) >= 11 is 0. The molecular formula is C14H21N5O. The molecule has 1 saturated heterocycles. The first kappa shape index (κ1) is 13.3. The molecule has 1 fully saturated rings. The highest BCUT2D eigenvalue weighted by Crippen LogP contribution is 2.31. The Balaban J connectivity index is 2.06. The Morgan fingerprint density at radius 1 is 1.40 bits per heavy atom. The van der Waals surface area contributed by atoms with E-state index in [1.54, 1.807) is 11.0 Å². The highest BCUT2D eigenvalue weighted by atomic mass is 16.3. The molecule has 1 atom stereocenters. The van der Waals surface area contributed by atoms with Gasteiger partial charge in [0.25, 0.3) is 0 Å². The lowest BCUT2D eigenvalue weighted by molar-refractivity contribution is 0.0222. The van der Waals surface area contributed by atoms with Crippen molar-refractivity contribution in [1.82, 2.24) is 19.7 Å². The predicted octanol–water partition coefficient (Wildman–Crippen LogP) is 1.41. The molecule has 0 spiro atoms. The first-order chi connectivity index (χ1) is 9.54. The maximum Gasteiger partial charge on any atom is 0.163 e. The summed E-state index contributed by atoms with van der Waals surface area (Å²) in [5.41, 5.74) is 1.17. The standard InChI is InChI=1S/C14H21N5O/c1-4-14(20)6-5-7-19(8-14)13-11-10(2)17-18(3)12(11)15-9-16-13/h9,20H,4-8H2,1-3H3/t14-/m0/s1. The van der Waals surface area contributed by atoms with E-state index in [0.717, 1.165) is 48.4 Å². The van der Waals surface area contributed by atoms with E-state index in [9.17, 15) is 5.11 Å². The fraction of sp³-hybridized carbons (Fsp3) is 0.643. The molecule has 6 heteroatoms. The maximum absolute atomic E-state index is 10.6. The molecule has 3 rings (SSSR count). The van der Waals surface area contributed by atoms with E-state index in [1.165, 1.54) is 0 Å². The van der Waals surface area contributed by atoms with Crippen LogP contribution in [0.4, 0.5) is 5.82 Å². The Morgan fingerprint density at radius 2 is 2.20 bits per heavy atom. The number of β-amino-alcohol motifs (C(OH)–C–C–N with tert-alkyl or cyclic N) is 1.